The first kappa shape index (κ1) is 13.3. The van der Waals surface area contributed by atoms with E-state index in [1.807, 2.05) is 6.20 Å². The van der Waals surface area contributed by atoms with Crippen LogP contribution in [-0.2, 0) is 16.4 Å². The van der Waals surface area contributed by atoms with Crippen molar-refractivity contribution in [2.45, 2.75) is 25.9 Å². The van der Waals surface area contributed by atoms with Crippen molar-refractivity contribution in [3.8, 4) is 0 Å². The minimum atomic E-state index is -2.86. The number of rotatable bonds is 3. The van der Waals surface area contributed by atoms with E-state index in [0.717, 1.165) is 12.1 Å². The van der Waals surface area contributed by atoms with E-state index < -0.39 is 9.84 Å². The molecule has 1 fully saturated rings. The molecule has 5 nitrogen and oxygen atoms in total. The van der Waals surface area contributed by atoms with E-state index in [4.69, 9.17) is 0 Å². The van der Waals surface area contributed by atoms with Gasteiger partial charge in [-0.25, -0.2) is 13.1 Å². The summed E-state index contributed by atoms with van der Waals surface area (Å²) in [6, 6.07) is 0.286. The number of hydrogen-bond donors (Lipinski definition) is 0. The van der Waals surface area contributed by atoms with Gasteiger partial charge in [-0.05, 0) is 13.3 Å². The van der Waals surface area contributed by atoms with Crippen LogP contribution in [0.15, 0.2) is 19.0 Å². The van der Waals surface area contributed by atoms with E-state index in [1.54, 1.807) is 17.1 Å². The summed E-state index contributed by atoms with van der Waals surface area (Å²) in [6.07, 6.45) is 6.06. The van der Waals surface area contributed by atoms with Crippen LogP contribution in [0.25, 0.3) is 6.20 Å². The Balaban J connectivity index is 2.05. The van der Waals surface area contributed by atoms with Gasteiger partial charge in [-0.2, -0.15) is 5.10 Å². The second-order valence-electron chi connectivity index (χ2n) is 4.77. The van der Waals surface area contributed by atoms with Crippen molar-refractivity contribution in [3.63, 3.8) is 0 Å². The first-order chi connectivity index (χ1) is 8.50. The first-order valence-electron chi connectivity index (χ1n) is 6.10. The molecular formula is C12H19N3O2S. The van der Waals surface area contributed by atoms with Gasteiger partial charge in [0.1, 0.15) is 0 Å². The van der Waals surface area contributed by atoms with Crippen molar-refractivity contribution in [2.75, 3.05) is 18.1 Å². The Morgan fingerprint density at radius 1 is 1.56 bits per heavy atom. The van der Waals surface area contributed by atoms with E-state index in [9.17, 15) is 8.42 Å². The van der Waals surface area contributed by atoms with Gasteiger partial charge in [-0.15, -0.1) is 0 Å². The maximum Gasteiger partial charge on any atom is 0.151 e. The second kappa shape index (κ2) is 5.24. The van der Waals surface area contributed by atoms with Crippen LogP contribution in [0, 0.1) is 0 Å². The van der Waals surface area contributed by atoms with Gasteiger partial charge in [0.2, 0.25) is 0 Å². The number of hydrogen-bond acceptors (Lipinski definition) is 4. The van der Waals surface area contributed by atoms with Gasteiger partial charge in [0, 0.05) is 37.1 Å². The van der Waals surface area contributed by atoms with Gasteiger partial charge < -0.3 is 0 Å². The summed E-state index contributed by atoms with van der Waals surface area (Å²) in [5.74, 6) is 0.559. The number of sulfone groups is 1. The zero-order chi connectivity index (χ0) is 13.2. The molecule has 1 aromatic rings. The molecule has 0 bridgehead atoms. The molecule has 1 saturated heterocycles. The third-order valence-corrected chi connectivity index (χ3v) is 5.05. The monoisotopic (exact) mass is 269 g/mol. The van der Waals surface area contributed by atoms with Gasteiger partial charge >= 0.3 is 0 Å². The van der Waals surface area contributed by atoms with Crippen molar-refractivity contribution in [1.29, 1.82) is 0 Å². The maximum absolute atomic E-state index is 11.6. The lowest BCUT2D eigenvalue weighted by molar-refractivity contribution is 0.212. The van der Waals surface area contributed by atoms with Crippen LogP contribution in [0.3, 0.4) is 0 Å². The average molecular weight is 269 g/mol. The smallest absolute Gasteiger partial charge is 0.151 e. The Morgan fingerprint density at radius 3 is 3.00 bits per heavy atom. The van der Waals surface area contributed by atoms with Gasteiger partial charge in [0.05, 0.1) is 17.7 Å². The predicted molar refractivity (Wildman–Crippen MR) is 71.8 cm³/mol. The molecular weight excluding hydrogens is 250 g/mol. The van der Waals surface area contributed by atoms with Crippen molar-refractivity contribution < 1.29 is 8.42 Å². The summed E-state index contributed by atoms with van der Waals surface area (Å²) in [5.41, 5.74) is 1.08. The topological polar surface area (TPSA) is 55.2 Å². The Hall–Kier alpha value is -1.14. The van der Waals surface area contributed by atoms with E-state index >= 15 is 0 Å². The fraction of sp³-hybridized carbons (Fsp3) is 0.583. The highest BCUT2D eigenvalue weighted by molar-refractivity contribution is 7.91. The average Bonchev–Trinajstić information content (AvgIpc) is 2.74. The lowest BCUT2D eigenvalue weighted by Crippen LogP contribution is -2.33. The molecule has 100 valence electrons. The van der Waals surface area contributed by atoms with Crippen molar-refractivity contribution >= 4 is 16.0 Å². The molecule has 0 aliphatic carbocycles. The molecule has 1 unspecified atom stereocenters. The molecule has 1 atom stereocenters. The molecule has 1 aliphatic rings. The van der Waals surface area contributed by atoms with Crippen LogP contribution >= 0.6 is 0 Å². The van der Waals surface area contributed by atoms with E-state index in [2.05, 4.69) is 23.5 Å². The normalized spacial score (nSPS) is 24.6. The third-order valence-electron chi connectivity index (χ3n) is 3.39. The molecule has 0 spiro atoms. The minimum Gasteiger partial charge on any atom is -0.295 e. The van der Waals surface area contributed by atoms with Gasteiger partial charge in [-0.1, -0.05) is 6.58 Å². The van der Waals surface area contributed by atoms with E-state index in [0.29, 0.717) is 18.7 Å². The van der Waals surface area contributed by atoms with Crippen LogP contribution in [0.4, 0.5) is 0 Å². The Labute approximate surface area is 108 Å². The molecule has 0 amide bonds. The summed E-state index contributed by atoms with van der Waals surface area (Å²) in [5, 5.41) is 4.13. The third kappa shape index (κ3) is 3.20. The molecule has 0 N–H and O–H groups in total. The van der Waals surface area contributed by atoms with Crippen LogP contribution in [0.5, 0.6) is 0 Å². The zero-order valence-electron chi connectivity index (χ0n) is 10.6. The van der Waals surface area contributed by atoms with Gasteiger partial charge in [0.15, 0.2) is 9.84 Å². The number of aromatic nitrogens is 2. The summed E-state index contributed by atoms with van der Waals surface area (Å²) >= 11 is 0. The zero-order valence-corrected chi connectivity index (χ0v) is 11.4. The lowest BCUT2D eigenvalue weighted by Gasteiger charge is -2.25. The largest absolute Gasteiger partial charge is 0.295 e. The highest BCUT2D eigenvalue weighted by atomic mass is 32.2. The highest BCUT2D eigenvalue weighted by Gasteiger charge is 2.24. The molecule has 2 heterocycles. The second-order valence-corrected chi connectivity index (χ2v) is 7.07. The van der Waals surface area contributed by atoms with Gasteiger partial charge in [0.25, 0.3) is 0 Å². The van der Waals surface area contributed by atoms with Crippen LogP contribution in [-0.4, -0.2) is 47.2 Å². The van der Waals surface area contributed by atoms with Gasteiger partial charge in [-0.3, -0.25) is 4.90 Å². The fourth-order valence-corrected chi connectivity index (χ4v) is 3.56. The standard InChI is InChI=1S/C12H19N3O2S/c1-3-15-10-12(8-13-15)9-14-5-7-18(16,17)6-4-11(14)2/h3,8,10-11H,1,4-7,9H2,2H3. The van der Waals surface area contributed by atoms with Crippen LogP contribution in [0.2, 0.25) is 0 Å². The molecule has 1 aliphatic heterocycles. The Bertz CT molecular complexity index is 521. The summed E-state index contributed by atoms with van der Waals surface area (Å²) < 4.78 is 24.9. The van der Waals surface area contributed by atoms with Crippen molar-refractivity contribution in [2.24, 2.45) is 0 Å². The number of nitrogens with zero attached hydrogens (tertiary/aromatic N) is 3. The highest BCUT2D eigenvalue weighted by Crippen LogP contribution is 2.15. The summed E-state index contributed by atoms with van der Waals surface area (Å²) in [6.45, 7) is 7.07. The molecule has 18 heavy (non-hydrogen) atoms. The van der Waals surface area contributed by atoms with Crippen LogP contribution < -0.4 is 0 Å². The summed E-state index contributed by atoms with van der Waals surface area (Å²) in [4.78, 5) is 2.20. The molecule has 0 saturated carbocycles. The predicted octanol–water partition coefficient (Wildman–Crippen LogP) is 0.993. The summed E-state index contributed by atoms with van der Waals surface area (Å²) in [7, 11) is -2.86. The van der Waals surface area contributed by atoms with E-state index in [1.165, 1.54) is 0 Å². The molecule has 0 aromatic carbocycles. The van der Waals surface area contributed by atoms with Crippen LogP contribution in [0.1, 0.15) is 18.9 Å². The van der Waals surface area contributed by atoms with Crippen molar-refractivity contribution in [3.05, 3.63) is 24.5 Å². The fourth-order valence-electron chi connectivity index (χ4n) is 2.14. The Morgan fingerprint density at radius 2 is 2.33 bits per heavy atom. The minimum absolute atomic E-state index is 0.257. The van der Waals surface area contributed by atoms with E-state index in [-0.39, 0.29) is 11.8 Å². The molecule has 2 rings (SSSR count). The maximum atomic E-state index is 11.6. The molecule has 1 aromatic heterocycles. The lowest BCUT2D eigenvalue weighted by atomic mass is 10.2. The Kier molecular flexibility index (Phi) is 3.87. The first-order valence-corrected chi connectivity index (χ1v) is 7.92. The molecule has 6 heteroatoms. The SMILES string of the molecule is C=Cn1cc(CN2CCS(=O)(=O)CCC2C)cn1. The van der Waals surface area contributed by atoms with Crippen molar-refractivity contribution in [1.82, 2.24) is 14.7 Å². The molecule has 0 radical (unpaired) electrons. The quantitative estimate of drug-likeness (QED) is 0.821.